The number of hydrogen-bond donors (Lipinski definition) is 2. The Morgan fingerprint density at radius 3 is 2.53 bits per heavy atom. The zero-order valence-electron chi connectivity index (χ0n) is 11.6. The van der Waals surface area contributed by atoms with Crippen LogP contribution in [0.25, 0.3) is 0 Å². The maximum absolute atomic E-state index is 5.58. The van der Waals surface area contributed by atoms with Crippen molar-refractivity contribution in [3.8, 4) is 0 Å². The smallest absolute Gasteiger partial charge is 0.0629 e. The van der Waals surface area contributed by atoms with Gasteiger partial charge >= 0.3 is 0 Å². The predicted octanol–water partition coefficient (Wildman–Crippen LogP) is 1.51. The van der Waals surface area contributed by atoms with E-state index < -0.39 is 0 Å². The van der Waals surface area contributed by atoms with Gasteiger partial charge in [-0.25, -0.2) is 10.4 Å². The summed E-state index contributed by atoms with van der Waals surface area (Å²) in [6, 6.07) is 1.64. The highest BCUT2D eigenvalue weighted by Crippen LogP contribution is 2.20. The van der Waals surface area contributed by atoms with Gasteiger partial charge in [0.25, 0.3) is 0 Å². The van der Waals surface area contributed by atoms with E-state index in [1.165, 1.54) is 19.3 Å². The minimum atomic E-state index is 0.395. The van der Waals surface area contributed by atoms with Gasteiger partial charge in [-0.1, -0.05) is 6.42 Å². The topological polar surface area (TPSA) is 50.5 Å². The van der Waals surface area contributed by atoms with Crippen molar-refractivity contribution < 1.29 is 4.74 Å². The SMILES string of the molecule is COCC(CCCN)NN1C(C)CCCC1C. The average Bonchev–Trinajstić information content (AvgIpc) is 2.31. The Kier molecular flexibility index (Phi) is 7.04. The number of nitrogens with two attached hydrogens (primary N) is 1. The highest BCUT2D eigenvalue weighted by molar-refractivity contribution is 4.79. The standard InChI is InChI=1S/C13H29N3O/c1-11-6-4-7-12(2)16(11)15-13(10-17-3)8-5-9-14/h11-13,15H,4-10,14H2,1-3H3. The van der Waals surface area contributed by atoms with Gasteiger partial charge in [-0.15, -0.1) is 0 Å². The minimum Gasteiger partial charge on any atom is -0.383 e. The molecule has 0 saturated carbocycles. The molecule has 102 valence electrons. The monoisotopic (exact) mass is 243 g/mol. The lowest BCUT2D eigenvalue weighted by atomic mass is 9.99. The van der Waals surface area contributed by atoms with Gasteiger partial charge in [0, 0.05) is 25.2 Å². The fourth-order valence-electron chi connectivity index (χ4n) is 2.64. The largest absolute Gasteiger partial charge is 0.383 e. The molecule has 1 aliphatic rings. The van der Waals surface area contributed by atoms with Crippen LogP contribution >= 0.6 is 0 Å². The molecule has 3 unspecified atom stereocenters. The lowest BCUT2D eigenvalue weighted by Gasteiger charge is -2.41. The third-order valence-electron chi connectivity index (χ3n) is 3.65. The first-order chi connectivity index (χ1) is 8.19. The van der Waals surface area contributed by atoms with E-state index in [0.717, 1.165) is 26.0 Å². The van der Waals surface area contributed by atoms with Gasteiger partial charge in [-0.2, -0.15) is 0 Å². The van der Waals surface area contributed by atoms with Crippen LogP contribution in [-0.4, -0.2) is 43.4 Å². The first-order valence-electron chi connectivity index (χ1n) is 6.92. The molecule has 0 aliphatic carbocycles. The van der Waals surface area contributed by atoms with Gasteiger partial charge in [0.05, 0.1) is 6.61 Å². The van der Waals surface area contributed by atoms with Crippen molar-refractivity contribution in [3.63, 3.8) is 0 Å². The fourth-order valence-corrected chi connectivity index (χ4v) is 2.64. The number of nitrogens with one attached hydrogen (secondary N) is 1. The Morgan fingerprint density at radius 2 is 2.00 bits per heavy atom. The van der Waals surface area contributed by atoms with Crippen molar-refractivity contribution in [2.75, 3.05) is 20.3 Å². The van der Waals surface area contributed by atoms with Gasteiger partial charge in [0.15, 0.2) is 0 Å². The number of nitrogens with zero attached hydrogens (tertiary/aromatic N) is 1. The number of piperidine rings is 1. The minimum absolute atomic E-state index is 0.395. The second kappa shape index (κ2) is 8.03. The van der Waals surface area contributed by atoms with Crippen LogP contribution in [0.5, 0.6) is 0 Å². The Hall–Kier alpha value is -0.160. The van der Waals surface area contributed by atoms with Gasteiger partial charge in [0.2, 0.25) is 0 Å². The van der Waals surface area contributed by atoms with Gasteiger partial charge < -0.3 is 10.5 Å². The van der Waals surface area contributed by atoms with E-state index in [0.29, 0.717) is 18.1 Å². The number of hydrogen-bond acceptors (Lipinski definition) is 4. The number of methoxy groups -OCH3 is 1. The Balaban J connectivity index is 2.45. The zero-order valence-corrected chi connectivity index (χ0v) is 11.6. The summed E-state index contributed by atoms with van der Waals surface area (Å²) in [7, 11) is 1.76. The molecular weight excluding hydrogens is 214 g/mol. The van der Waals surface area contributed by atoms with Crippen LogP contribution in [0, 0.1) is 0 Å². The van der Waals surface area contributed by atoms with Crippen LogP contribution in [-0.2, 0) is 4.74 Å². The Bertz CT molecular complexity index is 191. The molecule has 17 heavy (non-hydrogen) atoms. The second-order valence-corrected chi connectivity index (χ2v) is 5.25. The third-order valence-corrected chi connectivity index (χ3v) is 3.65. The number of rotatable bonds is 7. The summed E-state index contributed by atoms with van der Waals surface area (Å²) >= 11 is 0. The average molecular weight is 243 g/mol. The molecule has 4 nitrogen and oxygen atoms in total. The van der Waals surface area contributed by atoms with Crippen molar-refractivity contribution in [2.24, 2.45) is 5.73 Å². The molecule has 0 bridgehead atoms. The molecule has 1 fully saturated rings. The number of ether oxygens (including phenoxy) is 1. The Morgan fingerprint density at radius 1 is 1.35 bits per heavy atom. The highest BCUT2D eigenvalue weighted by Gasteiger charge is 2.26. The fraction of sp³-hybridized carbons (Fsp3) is 1.00. The first kappa shape index (κ1) is 14.9. The molecule has 1 aliphatic heterocycles. The van der Waals surface area contributed by atoms with Crippen LogP contribution in [0.2, 0.25) is 0 Å². The van der Waals surface area contributed by atoms with Crippen molar-refractivity contribution in [1.29, 1.82) is 0 Å². The normalized spacial score (nSPS) is 28.2. The summed E-state index contributed by atoms with van der Waals surface area (Å²) < 4.78 is 5.28. The van der Waals surface area contributed by atoms with Gasteiger partial charge in [-0.3, -0.25) is 0 Å². The molecule has 1 heterocycles. The summed E-state index contributed by atoms with van der Waals surface area (Å²) in [4.78, 5) is 0. The van der Waals surface area contributed by atoms with Crippen LogP contribution in [0.4, 0.5) is 0 Å². The quantitative estimate of drug-likeness (QED) is 0.711. The van der Waals surface area contributed by atoms with Crippen LogP contribution in [0.3, 0.4) is 0 Å². The van der Waals surface area contributed by atoms with E-state index in [9.17, 15) is 0 Å². The molecule has 4 heteroatoms. The van der Waals surface area contributed by atoms with Crippen molar-refractivity contribution >= 4 is 0 Å². The predicted molar refractivity (Wildman–Crippen MR) is 71.7 cm³/mol. The van der Waals surface area contributed by atoms with Gasteiger partial charge in [-0.05, 0) is 46.1 Å². The van der Waals surface area contributed by atoms with E-state index in [-0.39, 0.29) is 0 Å². The van der Waals surface area contributed by atoms with Gasteiger partial charge in [0.1, 0.15) is 0 Å². The van der Waals surface area contributed by atoms with E-state index in [4.69, 9.17) is 10.5 Å². The van der Waals surface area contributed by atoms with Crippen LogP contribution in [0.15, 0.2) is 0 Å². The molecule has 0 spiro atoms. The van der Waals surface area contributed by atoms with Crippen molar-refractivity contribution in [3.05, 3.63) is 0 Å². The van der Waals surface area contributed by atoms with Crippen molar-refractivity contribution in [2.45, 2.75) is 64.1 Å². The summed E-state index contributed by atoms with van der Waals surface area (Å²) in [5, 5.41) is 2.42. The molecule has 3 N–H and O–H groups in total. The molecule has 0 amide bonds. The molecule has 1 rings (SSSR count). The summed E-state index contributed by atoms with van der Waals surface area (Å²) in [6.07, 6.45) is 6.05. The summed E-state index contributed by atoms with van der Waals surface area (Å²) in [5.74, 6) is 0. The van der Waals surface area contributed by atoms with Crippen LogP contribution < -0.4 is 11.2 Å². The second-order valence-electron chi connectivity index (χ2n) is 5.25. The molecule has 0 aromatic rings. The maximum Gasteiger partial charge on any atom is 0.0629 e. The number of hydrazine groups is 1. The Labute approximate surface area is 106 Å². The lowest BCUT2D eigenvalue weighted by Crippen LogP contribution is -2.56. The molecule has 0 aromatic carbocycles. The summed E-state index contributed by atoms with van der Waals surface area (Å²) in [5.41, 5.74) is 9.22. The molecule has 3 atom stereocenters. The first-order valence-corrected chi connectivity index (χ1v) is 6.92. The lowest BCUT2D eigenvalue weighted by molar-refractivity contribution is 0.0107. The van der Waals surface area contributed by atoms with E-state index >= 15 is 0 Å². The van der Waals surface area contributed by atoms with E-state index in [2.05, 4.69) is 24.3 Å². The van der Waals surface area contributed by atoms with Crippen LogP contribution in [0.1, 0.15) is 46.0 Å². The molecule has 0 aromatic heterocycles. The summed E-state index contributed by atoms with van der Waals surface area (Å²) in [6.45, 7) is 6.12. The molecular formula is C13H29N3O. The van der Waals surface area contributed by atoms with E-state index in [1.54, 1.807) is 7.11 Å². The van der Waals surface area contributed by atoms with E-state index in [1.807, 2.05) is 0 Å². The van der Waals surface area contributed by atoms with Crippen molar-refractivity contribution in [1.82, 2.24) is 10.4 Å². The molecule has 1 saturated heterocycles. The maximum atomic E-state index is 5.58. The molecule has 0 radical (unpaired) electrons. The highest BCUT2D eigenvalue weighted by atomic mass is 16.5. The third kappa shape index (κ3) is 4.92. The zero-order chi connectivity index (χ0) is 12.7.